The van der Waals surface area contributed by atoms with Crippen LogP contribution in [0, 0.1) is 11.6 Å². The van der Waals surface area contributed by atoms with Crippen molar-refractivity contribution in [3.63, 3.8) is 0 Å². The molecule has 3 nitrogen and oxygen atoms in total. The summed E-state index contributed by atoms with van der Waals surface area (Å²) >= 11 is 0. The van der Waals surface area contributed by atoms with E-state index >= 15 is 0 Å². The van der Waals surface area contributed by atoms with Crippen molar-refractivity contribution in [3.8, 4) is 0 Å². The van der Waals surface area contributed by atoms with Gasteiger partial charge >= 0.3 is 0 Å². The molecule has 0 aromatic heterocycles. The van der Waals surface area contributed by atoms with Crippen molar-refractivity contribution >= 4 is 5.91 Å². The van der Waals surface area contributed by atoms with Crippen LogP contribution in [-0.4, -0.2) is 30.9 Å². The minimum atomic E-state index is -1.12. The zero-order chi connectivity index (χ0) is 11.4. The highest BCUT2D eigenvalue weighted by molar-refractivity contribution is 5.94. The lowest BCUT2D eigenvalue weighted by Crippen LogP contribution is -2.32. The molecule has 15 heavy (non-hydrogen) atoms. The van der Waals surface area contributed by atoms with Crippen LogP contribution < -0.4 is 5.73 Å². The molecule has 5 heteroatoms. The molecule has 0 aliphatic carbocycles. The van der Waals surface area contributed by atoms with Crippen LogP contribution in [0.15, 0.2) is 18.2 Å². The quantitative estimate of drug-likeness (QED) is 0.815. The second-order valence-corrected chi connectivity index (χ2v) is 3.12. The number of hydrogen-bond acceptors (Lipinski definition) is 2. The van der Waals surface area contributed by atoms with Gasteiger partial charge in [-0.3, -0.25) is 4.79 Å². The Morgan fingerprint density at radius 1 is 1.47 bits per heavy atom. The summed E-state index contributed by atoms with van der Waals surface area (Å²) in [5.41, 5.74) is 4.98. The van der Waals surface area contributed by atoms with E-state index in [-0.39, 0.29) is 12.1 Å². The van der Waals surface area contributed by atoms with E-state index in [1.54, 1.807) is 0 Å². The van der Waals surface area contributed by atoms with Gasteiger partial charge in [-0.05, 0) is 12.1 Å². The number of amides is 1. The van der Waals surface area contributed by atoms with Crippen molar-refractivity contribution in [2.45, 2.75) is 0 Å². The van der Waals surface area contributed by atoms with Gasteiger partial charge in [0.05, 0.1) is 5.56 Å². The fourth-order valence-electron chi connectivity index (χ4n) is 1.17. The fourth-order valence-corrected chi connectivity index (χ4v) is 1.17. The predicted molar refractivity (Wildman–Crippen MR) is 52.4 cm³/mol. The molecule has 1 rings (SSSR count). The van der Waals surface area contributed by atoms with Gasteiger partial charge in [0.25, 0.3) is 5.91 Å². The van der Waals surface area contributed by atoms with Gasteiger partial charge in [-0.15, -0.1) is 0 Å². The number of hydrogen-bond donors (Lipinski definition) is 1. The van der Waals surface area contributed by atoms with Crippen molar-refractivity contribution in [1.82, 2.24) is 4.90 Å². The van der Waals surface area contributed by atoms with Crippen LogP contribution in [0.5, 0.6) is 0 Å². The van der Waals surface area contributed by atoms with Gasteiger partial charge in [-0.1, -0.05) is 6.07 Å². The second kappa shape index (κ2) is 4.84. The molecule has 0 aliphatic heterocycles. The number of carbonyl (C=O) groups excluding carboxylic acids is 1. The number of halogens is 2. The third-order valence-electron chi connectivity index (χ3n) is 1.99. The Morgan fingerprint density at radius 2 is 2.13 bits per heavy atom. The van der Waals surface area contributed by atoms with Crippen molar-refractivity contribution in [2.75, 3.05) is 20.1 Å². The summed E-state index contributed by atoms with van der Waals surface area (Å²) in [6.07, 6.45) is 0. The van der Waals surface area contributed by atoms with Gasteiger partial charge in [0.1, 0.15) is 0 Å². The van der Waals surface area contributed by atoms with Gasteiger partial charge < -0.3 is 10.6 Å². The zero-order valence-corrected chi connectivity index (χ0v) is 8.34. The largest absolute Gasteiger partial charge is 0.340 e. The normalized spacial score (nSPS) is 10.1. The lowest BCUT2D eigenvalue weighted by molar-refractivity contribution is 0.0793. The highest BCUT2D eigenvalue weighted by Crippen LogP contribution is 2.12. The fraction of sp³-hybridized carbons (Fsp3) is 0.300. The Bertz CT molecular complexity index is 368. The maximum atomic E-state index is 13.2. The average molecular weight is 214 g/mol. The number of nitrogens with two attached hydrogens (primary N) is 1. The molecule has 0 saturated carbocycles. The first kappa shape index (κ1) is 11.6. The second-order valence-electron chi connectivity index (χ2n) is 3.12. The van der Waals surface area contributed by atoms with Crippen LogP contribution in [0.2, 0.25) is 0 Å². The first-order chi connectivity index (χ1) is 7.07. The molecule has 2 N–H and O–H groups in total. The topological polar surface area (TPSA) is 46.3 Å². The van der Waals surface area contributed by atoms with Crippen molar-refractivity contribution in [3.05, 3.63) is 35.4 Å². The van der Waals surface area contributed by atoms with Crippen molar-refractivity contribution in [1.29, 1.82) is 0 Å². The van der Waals surface area contributed by atoms with Crippen LogP contribution in [0.1, 0.15) is 10.4 Å². The van der Waals surface area contributed by atoms with Gasteiger partial charge in [0.15, 0.2) is 11.6 Å². The Hall–Kier alpha value is -1.49. The summed E-state index contributed by atoms with van der Waals surface area (Å²) in [6, 6.07) is 3.50. The van der Waals surface area contributed by atoms with E-state index in [0.29, 0.717) is 6.54 Å². The van der Waals surface area contributed by atoms with E-state index in [2.05, 4.69) is 0 Å². The van der Waals surface area contributed by atoms with Crippen molar-refractivity contribution in [2.24, 2.45) is 5.73 Å². The first-order valence-corrected chi connectivity index (χ1v) is 4.47. The maximum absolute atomic E-state index is 13.2. The molecule has 1 aromatic rings. The van der Waals surface area contributed by atoms with E-state index in [4.69, 9.17) is 5.73 Å². The highest BCUT2D eigenvalue weighted by Gasteiger charge is 2.17. The minimum absolute atomic E-state index is 0.272. The summed E-state index contributed by atoms with van der Waals surface area (Å²) in [5, 5.41) is 0. The molecule has 0 unspecified atom stereocenters. The van der Waals surface area contributed by atoms with E-state index in [1.807, 2.05) is 0 Å². The molecule has 0 radical (unpaired) electrons. The Morgan fingerprint density at radius 3 is 2.73 bits per heavy atom. The van der Waals surface area contributed by atoms with Crippen LogP contribution >= 0.6 is 0 Å². The standard InChI is InChI=1S/C10H12F2N2O/c1-14(6-5-13)10(15)7-3-2-4-8(11)9(7)12/h2-4H,5-6,13H2,1H3. The molecule has 82 valence electrons. The minimum Gasteiger partial charge on any atom is -0.340 e. The Labute approximate surface area is 86.5 Å². The molecule has 0 fully saturated rings. The summed E-state index contributed by atoms with van der Waals surface area (Å²) in [5.74, 6) is -2.72. The van der Waals surface area contributed by atoms with Gasteiger partial charge in [-0.2, -0.15) is 0 Å². The molecule has 0 bridgehead atoms. The molecule has 1 amide bonds. The van der Waals surface area contributed by atoms with E-state index in [1.165, 1.54) is 24.1 Å². The van der Waals surface area contributed by atoms with Crippen LogP contribution in [0.3, 0.4) is 0 Å². The molecule has 0 atom stereocenters. The number of carbonyl (C=O) groups is 1. The SMILES string of the molecule is CN(CCN)C(=O)c1cccc(F)c1F. The van der Waals surface area contributed by atoms with Crippen LogP contribution in [0.25, 0.3) is 0 Å². The zero-order valence-electron chi connectivity index (χ0n) is 8.34. The van der Waals surface area contributed by atoms with E-state index in [0.717, 1.165) is 6.07 Å². The Balaban J connectivity index is 2.96. The first-order valence-electron chi connectivity index (χ1n) is 4.47. The van der Waals surface area contributed by atoms with E-state index in [9.17, 15) is 13.6 Å². The van der Waals surface area contributed by atoms with Crippen LogP contribution in [-0.2, 0) is 0 Å². The molecular weight excluding hydrogens is 202 g/mol. The number of likely N-dealkylation sites (N-methyl/N-ethyl adjacent to an activating group) is 1. The summed E-state index contributed by atoms with van der Waals surface area (Å²) in [4.78, 5) is 12.8. The van der Waals surface area contributed by atoms with Crippen LogP contribution in [0.4, 0.5) is 8.78 Å². The third-order valence-corrected chi connectivity index (χ3v) is 1.99. The monoisotopic (exact) mass is 214 g/mol. The highest BCUT2D eigenvalue weighted by atomic mass is 19.2. The van der Waals surface area contributed by atoms with Gasteiger partial charge in [0, 0.05) is 20.1 Å². The molecule has 0 saturated heterocycles. The lowest BCUT2D eigenvalue weighted by Gasteiger charge is -2.16. The molecule has 0 heterocycles. The molecule has 0 spiro atoms. The van der Waals surface area contributed by atoms with Crippen molar-refractivity contribution < 1.29 is 13.6 Å². The number of nitrogens with zero attached hydrogens (tertiary/aromatic N) is 1. The van der Waals surface area contributed by atoms with E-state index < -0.39 is 17.5 Å². The summed E-state index contributed by atoms with van der Waals surface area (Å²) in [7, 11) is 1.49. The lowest BCUT2D eigenvalue weighted by atomic mass is 10.2. The Kier molecular flexibility index (Phi) is 3.74. The molecule has 0 aliphatic rings. The molecule has 1 aromatic carbocycles. The number of rotatable bonds is 3. The van der Waals surface area contributed by atoms with Gasteiger partial charge in [0.2, 0.25) is 0 Å². The van der Waals surface area contributed by atoms with Gasteiger partial charge in [-0.25, -0.2) is 8.78 Å². The summed E-state index contributed by atoms with van der Waals surface area (Å²) in [6.45, 7) is 0.577. The third kappa shape index (κ3) is 2.50. The average Bonchev–Trinajstić information content (AvgIpc) is 2.21. The smallest absolute Gasteiger partial charge is 0.256 e. The number of benzene rings is 1. The predicted octanol–water partition coefficient (Wildman–Crippen LogP) is 0.996. The maximum Gasteiger partial charge on any atom is 0.256 e. The molecular formula is C10H12F2N2O. The summed E-state index contributed by atoms with van der Waals surface area (Å²) < 4.78 is 26.0.